The van der Waals surface area contributed by atoms with E-state index < -0.39 is 11.3 Å². The summed E-state index contributed by atoms with van der Waals surface area (Å²) in [5, 5.41) is -0.451. The van der Waals surface area contributed by atoms with Crippen LogP contribution in [0.5, 0.6) is 5.75 Å². The van der Waals surface area contributed by atoms with Crippen molar-refractivity contribution in [3.63, 3.8) is 0 Å². The topological polar surface area (TPSA) is 26.3 Å². The Balaban J connectivity index is 2.84. The second-order valence-electron chi connectivity index (χ2n) is 3.85. The second kappa shape index (κ2) is 5.17. The van der Waals surface area contributed by atoms with Crippen molar-refractivity contribution < 1.29 is 9.53 Å². The summed E-state index contributed by atoms with van der Waals surface area (Å²) in [6.45, 7) is 5.75. The van der Waals surface area contributed by atoms with E-state index in [4.69, 9.17) is 16.3 Å². The molecule has 0 aliphatic rings. The number of hydrogen-bond acceptors (Lipinski definition) is 2. The van der Waals surface area contributed by atoms with Crippen molar-refractivity contribution in [2.45, 2.75) is 26.9 Å². The van der Waals surface area contributed by atoms with Gasteiger partial charge in [0.05, 0.1) is 0 Å². The van der Waals surface area contributed by atoms with Crippen LogP contribution >= 0.6 is 11.6 Å². The summed E-state index contributed by atoms with van der Waals surface area (Å²) in [5.41, 5.74) is 1.00. The number of aryl methyl sites for hydroxylation is 1. The molecule has 1 unspecified atom stereocenters. The van der Waals surface area contributed by atoms with Crippen LogP contribution in [-0.2, 0) is 4.79 Å². The molecule has 0 radical (unpaired) electrons. The lowest BCUT2D eigenvalue weighted by Gasteiger charge is -2.19. The molecule has 0 amide bonds. The molecule has 0 saturated carbocycles. The van der Waals surface area contributed by atoms with Crippen LogP contribution in [0.25, 0.3) is 0 Å². The highest BCUT2D eigenvalue weighted by atomic mass is 35.5. The molecule has 0 aliphatic carbocycles. The van der Waals surface area contributed by atoms with Crippen molar-refractivity contribution in [2.24, 2.45) is 5.92 Å². The van der Waals surface area contributed by atoms with Crippen molar-refractivity contribution >= 4 is 16.8 Å². The Kier molecular flexibility index (Phi) is 4.15. The largest absolute Gasteiger partial charge is 0.481 e. The number of carbonyl (C=O) groups excluding carboxylic acids is 1. The van der Waals surface area contributed by atoms with E-state index in [1.807, 2.05) is 45.0 Å². The highest BCUT2D eigenvalue weighted by Crippen LogP contribution is 2.21. The first-order chi connectivity index (χ1) is 7.02. The minimum Gasteiger partial charge on any atom is -0.481 e. The van der Waals surface area contributed by atoms with Gasteiger partial charge in [-0.1, -0.05) is 32.0 Å². The van der Waals surface area contributed by atoms with Crippen LogP contribution < -0.4 is 4.74 Å². The maximum Gasteiger partial charge on any atom is 0.262 e. The molecule has 3 heteroatoms. The molecule has 0 saturated heterocycles. The van der Waals surface area contributed by atoms with Gasteiger partial charge >= 0.3 is 0 Å². The molecule has 1 atom stereocenters. The van der Waals surface area contributed by atoms with Crippen LogP contribution in [0.2, 0.25) is 0 Å². The van der Waals surface area contributed by atoms with Gasteiger partial charge in [0.15, 0.2) is 6.10 Å². The number of hydrogen-bond donors (Lipinski definition) is 0. The Labute approximate surface area is 95.2 Å². The third-order valence-corrected chi connectivity index (χ3v) is 2.39. The first-order valence-corrected chi connectivity index (χ1v) is 5.31. The fourth-order valence-electron chi connectivity index (χ4n) is 1.27. The van der Waals surface area contributed by atoms with Crippen molar-refractivity contribution in [1.29, 1.82) is 0 Å². The van der Waals surface area contributed by atoms with Crippen LogP contribution in [-0.4, -0.2) is 11.3 Å². The van der Waals surface area contributed by atoms with Crippen LogP contribution in [0.4, 0.5) is 0 Å². The molecule has 0 bridgehead atoms. The zero-order valence-corrected chi connectivity index (χ0v) is 9.91. The molecule has 1 aromatic rings. The van der Waals surface area contributed by atoms with E-state index in [1.54, 1.807) is 0 Å². The maximum absolute atomic E-state index is 11.1. The average molecular weight is 227 g/mol. The molecule has 0 spiro atoms. The standard InChI is InChI=1S/C12H15ClO2/c1-8(2)11(12(13)14)15-10-7-5-4-6-9(10)3/h4-8,11H,1-3H3. The van der Waals surface area contributed by atoms with Crippen LogP contribution in [0, 0.1) is 12.8 Å². The van der Waals surface area contributed by atoms with E-state index in [9.17, 15) is 4.79 Å². The van der Waals surface area contributed by atoms with Crippen molar-refractivity contribution in [2.75, 3.05) is 0 Å². The van der Waals surface area contributed by atoms with Gasteiger partial charge in [0.25, 0.3) is 5.24 Å². The van der Waals surface area contributed by atoms with Crippen LogP contribution in [0.1, 0.15) is 19.4 Å². The van der Waals surface area contributed by atoms with Gasteiger partial charge in [-0.05, 0) is 36.1 Å². The van der Waals surface area contributed by atoms with Crippen LogP contribution in [0.15, 0.2) is 24.3 Å². The number of para-hydroxylation sites is 1. The Morgan fingerprint density at radius 1 is 1.33 bits per heavy atom. The van der Waals surface area contributed by atoms with E-state index in [0.29, 0.717) is 5.75 Å². The van der Waals surface area contributed by atoms with Gasteiger partial charge in [0, 0.05) is 0 Å². The normalized spacial score (nSPS) is 12.6. The van der Waals surface area contributed by atoms with E-state index in [2.05, 4.69) is 0 Å². The smallest absolute Gasteiger partial charge is 0.262 e. The van der Waals surface area contributed by atoms with E-state index in [1.165, 1.54) is 0 Å². The Morgan fingerprint density at radius 2 is 1.93 bits per heavy atom. The first-order valence-electron chi connectivity index (χ1n) is 4.94. The van der Waals surface area contributed by atoms with Crippen molar-refractivity contribution in [3.8, 4) is 5.75 Å². The molecule has 0 aromatic heterocycles. The van der Waals surface area contributed by atoms with Gasteiger partial charge in [-0.3, -0.25) is 4.79 Å². The second-order valence-corrected chi connectivity index (χ2v) is 4.22. The van der Waals surface area contributed by atoms with Gasteiger partial charge in [0.1, 0.15) is 5.75 Å². The molecule has 1 aromatic carbocycles. The molecular formula is C12H15ClO2. The summed E-state index contributed by atoms with van der Waals surface area (Å²) in [6.07, 6.45) is -0.576. The zero-order valence-electron chi connectivity index (χ0n) is 9.16. The number of halogens is 1. The molecule has 2 nitrogen and oxygen atoms in total. The zero-order chi connectivity index (χ0) is 11.4. The average Bonchev–Trinajstić information content (AvgIpc) is 2.15. The number of carbonyl (C=O) groups is 1. The first kappa shape index (κ1) is 12.1. The molecular weight excluding hydrogens is 212 g/mol. The van der Waals surface area contributed by atoms with E-state index >= 15 is 0 Å². The summed E-state index contributed by atoms with van der Waals surface area (Å²) < 4.78 is 5.59. The lowest BCUT2D eigenvalue weighted by molar-refractivity contribution is -0.119. The molecule has 0 fully saturated rings. The molecule has 1 rings (SSSR count). The SMILES string of the molecule is Cc1ccccc1OC(C(=O)Cl)C(C)C. The predicted molar refractivity (Wildman–Crippen MR) is 61.3 cm³/mol. The highest BCUT2D eigenvalue weighted by molar-refractivity contribution is 6.64. The summed E-state index contributed by atoms with van der Waals surface area (Å²) in [4.78, 5) is 11.1. The fraction of sp³-hybridized carbons (Fsp3) is 0.417. The summed E-state index contributed by atoms with van der Waals surface area (Å²) in [6, 6.07) is 7.57. The van der Waals surface area contributed by atoms with Gasteiger partial charge in [-0.2, -0.15) is 0 Å². The monoisotopic (exact) mass is 226 g/mol. The summed E-state index contributed by atoms with van der Waals surface area (Å²) in [7, 11) is 0. The number of ether oxygens (including phenoxy) is 1. The molecule has 0 N–H and O–H groups in total. The van der Waals surface area contributed by atoms with Gasteiger partial charge in [-0.25, -0.2) is 0 Å². The lowest BCUT2D eigenvalue weighted by Crippen LogP contribution is -2.29. The van der Waals surface area contributed by atoms with Gasteiger partial charge in [0.2, 0.25) is 0 Å². The minimum absolute atomic E-state index is 0.0645. The summed E-state index contributed by atoms with van der Waals surface area (Å²) in [5.74, 6) is 0.778. The minimum atomic E-state index is -0.576. The van der Waals surface area contributed by atoms with Gasteiger partial charge < -0.3 is 4.74 Å². The van der Waals surface area contributed by atoms with E-state index in [-0.39, 0.29) is 5.92 Å². The quantitative estimate of drug-likeness (QED) is 0.738. The Morgan fingerprint density at radius 3 is 2.40 bits per heavy atom. The number of rotatable bonds is 4. The highest BCUT2D eigenvalue weighted by Gasteiger charge is 2.22. The number of benzene rings is 1. The van der Waals surface area contributed by atoms with Crippen LogP contribution in [0.3, 0.4) is 0 Å². The van der Waals surface area contributed by atoms with Gasteiger partial charge in [-0.15, -0.1) is 0 Å². The van der Waals surface area contributed by atoms with E-state index in [0.717, 1.165) is 5.56 Å². The molecule has 15 heavy (non-hydrogen) atoms. The summed E-state index contributed by atoms with van der Waals surface area (Å²) >= 11 is 5.48. The predicted octanol–water partition coefficient (Wildman–Crippen LogP) is 3.16. The Hall–Kier alpha value is -1.02. The van der Waals surface area contributed by atoms with Crippen molar-refractivity contribution in [1.82, 2.24) is 0 Å². The fourth-order valence-corrected chi connectivity index (χ4v) is 1.57. The Bertz CT molecular complexity index is 347. The lowest BCUT2D eigenvalue weighted by atomic mass is 10.1. The molecule has 82 valence electrons. The molecule has 0 aliphatic heterocycles. The van der Waals surface area contributed by atoms with Crippen molar-refractivity contribution in [3.05, 3.63) is 29.8 Å². The third kappa shape index (κ3) is 3.24. The third-order valence-electron chi connectivity index (χ3n) is 2.18. The molecule has 0 heterocycles. The maximum atomic E-state index is 11.1.